The predicted molar refractivity (Wildman–Crippen MR) is 116 cm³/mol. The molecule has 0 spiro atoms. The van der Waals surface area contributed by atoms with Crippen LogP contribution in [0, 0.1) is 0 Å². The van der Waals surface area contributed by atoms with Gasteiger partial charge < -0.3 is 24.3 Å². The number of nitrogens with zero attached hydrogens (tertiary/aromatic N) is 2. The number of aromatic nitrogens is 2. The molecule has 8 heteroatoms. The van der Waals surface area contributed by atoms with Crippen molar-refractivity contribution in [3.05, 3.63) is 60.4 Å². The number of hydrogen-bond donors (Lipinski definition) is 1. The summed E-state index contributed by atoms with van der Waals surface area (Å²) in [5, 5.41) is 2.60. The third kappa shape index (κ3) is 5.93. The van der Waals surface area contributed by atoms with Gasteiger partial charge in [-0.3, -0.25) is 4.79 Å². The van der Waals surface area contributed by atoms with Crippen LogP contribution < -0.4 is 19.5 Å². The van der Waals surface area contributed by atoms with Crippen molar-refractivity contribution in [1.29, 1.82) is 0 Å². The molecule has 0 atom stereocenters. The predicted octanol–water partition coefficient (Wildman–Crippen LogP) is 3.72. The highest BCUT2D eigenvalue weighted by atomic mass is 16.5. The second-order valence-electron chi connectivity index (χ2n) is 6.36. The van der Waals surface area contributed by atoms with Crippen LogP contribution in [0.15, 0.2) is 54.9 Å². The minimum absolute atomic E-state index is 0.243. The second kappa shape index (κ2) is 10.9. The van der Waals surface area contributed by atoms with Crippen LogP contribution in [0.4, 0.5) is 0 Å². The first kappa shape index (κ1) is 22.0. The molecule has 1 N–H and O–H groups in total. The van der Waals surface area contributed by atoms with Gasteiger partial charge in [0.1, 0.15) is 18.1 Å². The third-order valence-electron chi connectivity index (χ3n) is 4.32. The van der Waals surface area contributed by atoms with Crippen molar-refractivity contribution in [2.24, 2.45) is 0 Å². The summed E-state index contributed by atoms with van der Waals surface area (Å²) >= 11 is 0. The molecule has 0 bridgehead atoms. The number of methoxy groups -OCH3 is 1. The largest absolute Gasteiger partial charge is 0.497 e. The van der Waals surface area contributed by atoms with E-state index in [0.29, 0.717) is 48.6 Å². The third-order valence-corrected chi connectivity index (χ3v) is 4.32. The Morgan fingerprint density at radius 2 is 1.87 bits per heavy atom. The number of carbonyl (C=O) groups is 1. The van der Waals surface area contributed by atoms with Crippen LogP contribution in [0.25, 0.3) is 11.1 Å². The van der Waals surface area contributed by atoms with Gasteiger partial charge in [0, 0.05) is 49.3 Å². The Morgan fingerprint density at radius 1 is 1.03 bits per heavy atom. The normalized spacial score (nSPS) is 10.4. The van der Waals surface area contributed by atoms with Gasteiger partial charge in [-0.1, -0.05) is 0 Å². The molecule has 0 saturated heterocycles. The van der Waals surface area contributed by atoms with E-state index in [-0.39, 0.29) is 5.91 Å². The summed E-state index contributed by atoms with van der Waals surface area (Å²) in [6.07, 6.45) is 3.30. The van der Waals surface area contributed by atoms with Crippen molar-refractivity contribution in [2.75, 3.05) is 34.0 Å². The average Bonchev–Trinajstić information content (AvgIpc) is 2.81. The van der Waals surface area contributed by atoms with Gasteiger partial charge in [-0.05, 0) is 42.8 Å². The van der Waals surface area contributed by atoms with E-state index in [9.17, 15) is 4.79 Å². The monoisotopic (exact) mass is 423 g/mol. The lowest BCUT2D eigenvalue weighted by Gasteiger charge is -2.13. The molecule has 2 heterocycles. The van der Waals surface area contributed by atoms with Crippen molar-refractivity contribution in [3.63, 3.8) is 0 Å². The lowest BCUT2D eigenvalue weighted by Crippen LogP contribution is -2.17. The van der Waals surface area contributed by atoms with Gasteiger partial charge in [-0.25, -0.2) is 9.97 Å². The molecule has 8 nitrogen and oxygen atoms in total. The van der Waals surface area contributed by atoms with E-state index in [1.807, 2.05) is 31.2 Å². The van der Waals surface area contributed by atoms with Gasteiger partial charge >= 0.3 is 0 Å². The van der Waals surface area contributed by atoms with Crippen molar-refractivity contribution in [2.45, 2.75) is 6.92 Å². The number of ether oxygens (including phenoxy) is 4. The highest BCUT2D eigenvalue weighted by Crippen LogP contribution is 2.34. The maximum atomic E-state index is 12.1. The van der Waals surface area contributed by atoms with E-state index in [4.69, 9.17) is 18.9 Å². The maximum Gasteiger partial charge on any atom is 0.251 e. The topological polar surface area (TPSA) is 91.8 Å². The number of hydrogen-bond acceptors (Lipinski definition) is 7. The first-order valence-electron chi connectivity index (χ1n) is 9.85. The molecule has 0 unspecified atom stereocenters. The van der Waals surface area contributed by atoms with Gasteiger partial charge in [0.2, 0.25) is 11.8 Å². The quantitative estimate of drug-likeness (QED) is 0.497. The van der Waals surface area contributed by atoms with E-state index < -0.39 is 0 Å². The van der Waals surface area contributed by atoms with Crippen LogP contribution in [0.5, 0.6) is 23.3 Å². The van der Waals surface area contributed by atoms with E-state index in [1.165, 1.54) is 7.11 Å². The van der Waals surface area contributed by atoms with Crippen LogP contribution in [-0.4, -0.2) is 49.9 Å². The lowest BCUT2D eigenvalue weighted by atomic mass is 10.1. The Bertz CT molecular complexity index is 1030. The minimum Gasteiger partial charge on any atom is -0.497 e. The Morgan fingerprint density at radius 3 is 2.65 bits per heavy atom. The molecule has 0 saturated carbocycles. The van der Waals surface area contributed by atoms with Crippen molar-refractivity contribution in [1.82, 2.24) is 15.3 Å². The summed E-state index contributed by atoms with van der Waals surface area (Å²) in [5.74, 6) is 1.55. The molecule has 1 aromatic carbocycles. The molecule has 0 aliphatic rings. The maximum absolute atomic E-state index is 12.1. The number of nitrogens with one attached hydrogen (secondary N) is 1. The molecule has 0 aliphatic carbocycles. The van der Waals surface area contributed by atoms with Crippen LogP contribution in [0.1, 0.15) is 17.3 Å². The Hall–Kier alpha value is -3.65. The molecule has 0 fully saturated rings. The number of rotatable bonds is 10. The minimum atomic E-state index is -0.243. The van der Waals surface area contributed by atoms with E-state index in [2.05, 4.69) is 15.3 Å². The number of carbonyl (C=O) groups excluding carboxylic acids is 1. The first-order valence-corrected chi connectivity index (χ1v) is 9.85. The van der Waals surface area contributed by atoms with Gasteiger partial charge in [0.25, 0.3) is 5.91 Å². The van der Waals surface area contributed by atoms with Crippen LogP contribution in [-0.2, 0) is 4.74 Å². The van der Waals surface area contributed by atoms with Crippen molar-refractivity contribution in [3.8, 4) is 34.4 Å². The fourth-order valence-electron chi connectivity index (χ4n) is 2.83. The van der Waals surface area contributed by atoms with Gasteiger partial charge in [0.15, 0.2) is 0 Å². The van der Waals surface area contributed by atoms with Crippen molar-refractivity contribution >= 4 is 5.91 Å². The summed E-state index contributed by atoms with van der Waals surface area (Å²) in [6, 6.07) is 12.3. The number of amides is 1. The van der Waals surface area contributed by atoms with Gasteiger partial charge in [0.05, 0.1) is 13.7 Å². The van der Waals surface area contributed by atoms with Crippen LogP contribution in [0.2, 0.25) is 0 Å². The molecule has 0 aliphatic heterocycles. The zero-order valence-corrected chi connectivity index (χ0v) is 17.8. The molecular formula is C23H25N3O5. The molecular weight excluding hydrogens is 398 g/mol. The van der Waals surface area contributed by atoms with Crippen LogP contribution >= 0.6 is 0 Å². The standard InChI is InChI=1S/C23H25N3O5/c1-4-29-10-11-30-21-14-16(7-9-25-21)20-6-5-8-26-23(20)31-19-13-17(22(27)24-2)12-18(15-19)28-3/h5-9,12-15H,4,10-11H2,1-3H3,(H,24,27). The second-order valence-corrected chi connectivity index (χ2v) is 6.36. The van der Waals surface area contributed by atoms with E-state index in [1.54, 1.807) is 37.6 Å². The Kier molecular flexibility index (Phi) is 7.78. The van der Waals surface area contributed by atoms with E-state index >= 15 is 0 Å². The SMILES string of the molecule is CCOCCOc1cc(-c2cccnc2Oc2cc(OC)cc(C(=O)NC)c2)ccn1. The van der Waals surface area contributed by atoms with Crippen LogP contribution in [0.3, 0.4) is 0 Å². The van der Waals surface area contributed by atoms with Gasteiger partial charge in [-0.2, -0.15) is 0 Å². The van der Waals surface area contributed by atoms with Crippen molar-refractivity contribution < 1.29 is 23.7 Å². The number of pyridine rings is 2. The summed E-state index contributed by atoms with van der Waals surface area (Å²) in [7, 11) is 3.10. The zero-order valence-electron chi connectivity index (χ0n) is 17.8. The highest BCUT2D eigenvalue weighted by molar-refractivity contribution is 5.94. The summed E-state index contributed by atoms with van der Waals surface area (Å²) < 4.78 is 22.3. The zero-order chi connectivity index (χ0) is 22.1. The molecule has 162 valence electrons. The summed E-state index contributed by atoms with van der Waals surface area (Å²) in [6.45, 7) is 3.47. The van der Waals surface area contributed by atoms with Gasteiger partial charge in [-0.15, -0.1) is 0 Å². The molecule has 1 amide bonds. The summed E-state index contributed by atoms with van der Waals surface area (Å²) in [4.78, 5) is 20.7. The Labute approximate surface area is 181 Å². The number of benzene rings is 1. The molecule has 0 radical (unpaired) electrons. The molecule has 3 rings (SSSR count). The Balaban J connectivity index is 1.87. The fourth-order valence-corrected chi connectivity index (χ4v) is 2.83. The van der Waals surface area contributed by atoms with E-state index in [0.717, 1.165) is 11.1 Å². The smallest absolute Gasteiger partial charge is 0.251 e. The molecule has 31 heavy (non-hydrogen) atoms. The fraction of sp³-hybridized carbons (Fsp3) is 0.261. The molecule has 3 aromatic rings. The highest BCUT2D eigenvalue weighted by Gasteiger charge is 2.13. The molecule has 2 aromatic heterocycles. The lowest BCUT2D eigenvalue weighted by molar-refractivity contribution is 0.0962. The first-order chi connectivity index (χ1) is 15.1. The average molecular weight is 423 g/mol. The summed E-state index contributed by atoms with van der Waals surface area (Å²) in [5.41, 5.74) is 2.01.